The molecule has 3 aromatic carbocycles. The summed E-state index contributed by atoms with van der Waals surface area (Å²) in [7, 11) is 3.23. The molecule has 0 bridgehead atoms. The van der Waals surface area contributed by atoms with Gasteiger partial charge in [0.2, 0.25) is 5.91 Å². The first-order valence-corrected chi connectivity index (χ1v) is 13.1. The van der Waals surface area contributed by atoms with Crippen LogP contribution in [0.4, 0.5) is 0 Å². The summed E-state index contributed by atoms with van der Waals surface area (Å²) >= 11 is 6.34. The molecule has 1 amide bonds. The third-order valence-corrected chi connectivity index (χ3v) is 6.97. The lowest BCUT2D eigenvalue weighted by Gasteiger charge is -2.10. The molecule has 5 aromatic rings. The summed E-state index contributed by atoms with van der Waals surface area (Å²) in [4.78, 5) is 21.0. The summed E-state index contributed by atoms with van der Waals surface area (Å²) in [5, 5.41) is 5.89. The van der Waals surface area contributed by atoms with E-state index in [1.807, 2.05) is 60.7 Å². The summed E-state index contributed by atoms with van der Waals surface area (Å²) < 4.78 is 10.7. The minimum absolute atomic E-state index is 0.0359. The van der Waals surface area contributed by atoms with Crippen LogP contribution in [0, 0.1) is 0 Å². The number of hydrogen-bond acceptors (Lipinski definition) is 4. The molecule has 0 spiro atoms. The first-order chi connectivity index (χ1) is 18.6. The Morgan fingerprint density at radius 1 is 0.947 bits per heavy atom. The van der Waals surface area contributed by atoms with Crippen LogP contribution in [-0.2, 0) is 17.6 Å². The van der Waals surface area contributed by atoms with Crippen LogP contribution in [0.1, 0.15) is 24.0 Å². The van der Waals surface area contributed by atoms with E-state index in [4.69, 9.17) is 26.1 Å². The quantitative estimate of drug-likeness (QED) is 0.211. The van der Waals surface area contributed by atoms with E-state index >= 15 is 0 Å². The van der Waals surface area contributed by atoms with Gasteiger partial charge in [0.1, 0.15) is 0 Å². The second kappa shape index (κ2) is 11.6. The van der Waals surface area contributed by atoms with Crippen molar-refractivity contribution in [1.29, 1.82) is 0 Å². The smallest absolute Gasteiger partial charge is 0.220 e. The van der Waals surface area contributed by atoms with Gasteiger partial charge in [0.05, 0.1) is 31.1 Å². The molecule has 2 N–H and O–H groups in total. The maximum Gasteiger partial charge on any atom is 0.220 e. The molecular weight excluding hydrogens is 498 g/mol. The van der Waals surface area contributed by atoms with E-state index in [0.717, 1.165) is 50.7 Å². The van der Waals surface area contributed by atoms with Crippen LogP contribution in [0.15, 0.2) is 72.8 Å². The van der Waals surface area contributed by atoms with Crippen LogP contribution in [0.25, 0.3) is 33.2 Å². The number of aromatic amines is 1. The number of pyridine rings is 1. The van der Waals surface area contributed by atoms with Crippen LogP contribution in [0.3, 0.4) is 0 Å². The predicted octanol–water partition coefficient (Wildman–Crippen LogP) is 6.74. The van der Waals surface area contributed by atoms with Gasteiger partial charge in [0.15, 0.2) is 11.5 Å². The first kappa shape index (κ1) is 25.6. The summed E-state index contributed by atoms with van der Waals surface area (Å²) in [6.45, 7) is 0.559. The normalized spacial score (nSPS) is 11.1. The number of methoxy groups -OCH3 is 2. The van der Waals surface area contributed by atoms with Crippen molar-refractivity contribution in [3.63, 3.8) is 0 Å². The largest absolute Gasteiger partial charge is 0.493 e. The number of amides is 1. The van der Waals surface area contributed by atoms with Crippen LogP contribution >= 0.6 is 11.6 Å². The fourth-order valence-corrected chi connectivity index (χ4v) is 4.97. The number of para-hydroxylation sites is 1. The molecular formula is C31H30ClN3O3. The number of halogens is 1. The third kappa shape index (κ3) is 5.60. The summed E-state index contributed by atoms with van der Waals surface area (Å²) in [6, 6.07) is 23.9. The maximum atomic E-state index is 12.6. The van der Waals surface area contributed by atoms with Gasteiger partial charge in [-0.2, -0.15) is 0 Å². The number of carbonyl (C=O) groups excluding carboxylic acids is 1. The first-order valence-electron chi connectivity index (χ1n) is 12.7. The van der Waals surface area contributed by atoms with E-state index in [1.54, 1.807) is 14.2 Å². The highest BCUT2D eigenvalue weighted by atomic mass is 35.5. The molecule has 7 heteroatoms. The predicted molar refractivity (Wildman–Crippen MR) is 153 cm³/mol. The zero-order chi connectivity index (χ0) is 26.5. The zero-order valence-electron chi connectivity index (χ0n) is 21.5. The van der Waals surface area contributed by atoms with Crippen molar-refractivity contribution < 1.29 is 14.3 Å². The van der Waals surface area contributed by atoms with E-state index in [-0.39, 0.29) is 5.91 Å². The van der Waals surface area contributed by atoms with Crippen molar-refractivity contribution in [3.8, 4) is 22.9 Å². The van der Waals surface area contributed by atoms with Gasteiger partial charge < -0.3 is 19.8 Å². The zero-order valence-corrected chi connectivity index (χ0v) is 22.3. The lowest BCUT2D eigenvalue weighted by molar-refractivity contribution is -0.121. The SMILES string of the molecule is COc1ccc(CCNC(=O)CCCc2c(-c3ccc4ccccc4n3)[nH]c3ccc(Cl)cc23)cc1OC. The van der Waals surface area contributed by atoms with E-state index in [9.17, 15) is 4.79 Å². The number of nitrogens with zero attached hydrogens (tertiary/aromatic N) is 1. The van der Waals surface area contributed by atoms with Crippen molar-refractivity contribution in [2.24, 2.45) is 0 Å². The topological polar surface area (TPSA) is 76.2 Å². The fraction of sp³-hybridized carbons (Fsp3) is 0.226. The average Bonchev–Trinajstić information content (AvgIpc) is 3.30. The molecule has 2 heterocycles. The molecule has 38 heavy (non-hydrogen) atoms. The lowest BCUT2D eigenvalue weighted by Crippen LogP contribution is -2.25. The number of hydrogen-bond donors (Lipinski definition) is 2. The molecule has 0 aliphatic rings. The Morgan fingerprint density at radius 3 is 2.63 bits per heavy atom. The van der Waals surface area contributed by atoms with Crippen LogP contribution in [0.2, 0.25) is 5.02 Å². The number of H-pyrrole nitrogens is 1. The molecule has 194 valence electrons. The van der Waals surface area contributed by atoms with Gasteiger partial charge in [-0.15, -0.1) is 0 Å². The number of fused-ring (bicyclic) bond motifs is 2. The summed E-state index contributed by atoms with van der Waals surface area (Å²) in [6.07, 6.45) is 2.59. The Hall–Kier alpha value is -4.03. The standard InChI is InChI=1S/C31H30ClN3O3/c1-37-28-15-10-20(18-29(28)38-2)16-17-33-30(36)9-5-7-23-24-19-22(32)12-14-26(24)35-31(23)27-13-11-21-6-3-4-8-25(21)34-27/h3-4,6,8,10-15,18-19,35H,5,7,9,16-17H2,1-2H3,(H,33,36). The number of benzene rings is 3. The molecule has 0 aliphatic heterocycles. The lowest BCUT2D eigenvalue weighted by atomic mass is 10.0. The summed E-state index contributed by atoms with van der Waals surface area (Å²) in [5.74, 6) is 1.41. The third-order valence-electron chi connectivity index (χ3n) is 6.74. The van der Waals surface area contributed by atoms with Gasteiger partial charge in [-0.25, -0.2) is 4.98 Å². The highest BCUT2D eigenvalue weighted by Gasteiger charge is 2.16. The number of rotatable bonds is 10. The average molecular weight is 528 g/mol. The van der Waals surface area contributed by atoms with Crippen molar-refractivity contribution in [1.82, 2.24) is 15.3 Å². The molecule has 0 saturated carbocycles. The fourth-order valence-electron chi connectivity index (χ4n) is 4.80. The van der Waals surface area contributed by atoms with Crippen molar-refractivity contribution in [2.45, 2.75) is 25.7 Å². The molecule has 0 saturated heterocycles. The van der Waals surface area contributed by atoms with Crippen LogP contribution in [-0.4, -0.2) is 36.6 Å². The number of aryl methyl sites for hydroxylation is 1. The Morgan fingerprint density at radius 2 is 1.79 bits per heavy atom. The number of ether oxygens (including phenoxy) is 2. The van der Waals surface area contributed by atoms with E-state index in [0.29, 0.717) is 42.3 Å². The molecule has 0 aliphatic carbocycles. The molecule has 5 rings (SSSR count). The highest BCUT2D eigenvalue weighted by Crippen LogP contribution is 2.33. The van der Waals surface area contributed by atoms with Gasteiger partial charge >= 0.3 is 0 Å². The molecule has 0 fully saturated rings. The van der Waals surface area contributed by atoms with E-state index in [1.165, 1.54) is 0 Å². The van der Waals surface area contributed by atoms with Gasteiger partial charge in [0.25, 0.3) is 0 Å². The maximum absolute atomic E-state index is 12.6. The van der Waals surface area contributed by atoms with Gasteiger partial charge in [-0.1, -0.05) is 41.9 Å². The van der Waals surface area contributed by atoms with Crippen molar-refractivity contribution in [3.05, 3.63) is 88.9 Å². The summed E-state index contributed by atoms with van der Waals surface area (Å²) in [5.41, 5.74) is 6.01. The van der Waals surface area contributed by atoms with Crippen molar-refractivity contribution >= 4 is 39.3 Å². The van der Waals surface area contributed by atoms with Gasteiger partial charge in [-0.05, 0) is 72.9 Å². The Balaban J connectivity index is 1.25. The Labute approximate surface area is 226 Å². The monoisotopic (exact) mass is 527 g/mol. The minimum Gasteiger partial charge on any atom is -0.493 e. The van der Waals surface area contributed by atoms with Gasteiger partial charge in [-0.3, -0.25) is 4.79 Å². The second-order valence-electron chi connectivity index (χ2n) is 9.20. The van der Waals surface area contributed by atoms with E-state index < -0.39 is 0 Å². The van der Waals surface area contributed by atoms with E-state index in [2.05, 4.69) is 22.4 Å². The molecule has 2 aromatic heterocycles. The molecule has 0 atom stereocenters. The molecule has 0 radical (unpaired) electrons. The Kier molecular flexibility index (Phi) is 7.80. The van der Waals surface area contributed by atoms with Crippen molar-refractivity contribution in [2.75, 3.05) is 20.8 Å². The van der Waals surface area contributed by atoms with Crippen LogP contribution < -0.4 is 14.8 Å². The van der Waals surface area contributed by atoms with Crippen LogP contribution in [0.5, 0.6) is 11.5 Å². The number of carbonyl (C=O) groups is 1. The molecule has 6 nitrogen and oxygen atoms in total. The minimum atomic E-state index is 0.0359. The number of aromatic nitrogens is 2. The van der Waals surface area contributed by atoms with Gasteiger partial charge in [0, 0.05) is 34.3 Å². The Bertz CT molecular complexity index is 1590. The second-order valence-corrected chi connectivity index (χ2v) is 9.64. The highest BCUT2D eigenvalue weighted by molar-refractivity contribution is 6.31. The molecule has 0 unspecified atom stereocenters. The number of nitrogens with one attached hydrogen (secondary N) is 2.